The van der Waals surface area contributed by atoms with E-state index in [-0.39, 0.29) is 5.91 Å². The molecule has 0 fully saturated rings. The van der Waals surface area contributed by atoms with Crippen LogP contribution in [0.1, 0.15) is 10.4 Å². The number of nitrogens with zero attached hydrogens (tertiary/aromatic N) is 2. The highest BCUT2D eigenvalue weighted by molar-refractivity contribution is 7.86. The Balaban J connectivity index is 0.000000447. The molecule has 0 saturated heterocycles. The third kappa shape index (κ3) is 6.29. The van der Waals surface area contributed by atoms with E-state index >= 15 is 0 Å². The molecule has 0 saturated carbocycles. The van der Waals surface area contributed by atoms with Crippen molar-refractivity contribution in [3.63, 3.8) is 0 Å². The van der Waals surface area contributed by atoms with Gasteiger partial charge in [0.1, 0.15) is 18.4 Å². The summed E-state index contributed by atoms with van der Waals surface area (Å²) in [6.07, 6.45) is 1.27. The van der Waals surface area contributed by atoms with Crippen molar-refractivity contribution in [3.8, 4) is 5.75 Å². The summed E-state index contributed by atoms with van der Waals surface area (Å²) in [4.78, 5) is 24.9. The Morgan fingerprint density at radius 2 is 1.79 bits per heavy atom. The number of aromatic nitrogens is 1. The molecule has 2 aromatic rings. The van der Waals surface area contributed by atoms with Gasteiger partial charge in [-0.15, -0.1) is 0 Å². The van der Waals surface area contributed by atoms with Gasteiger partial charge < -0.3 is 19.5 Å². The summed E-state index contributed by atoms with van der Waals surface area (Å²) in [5, 5.41) is 3.29. The van der Waals surface area contributed by atoms with Crippen molar-refractivity contribution in [1.29, 1.82) is 0 Å². The van der Waals surface area contributed by atoms with Gasteiger partial charge in [-0.25, -0.2) is 17.8 Å². The maximum atomic E-state index is 11.8. The van der Waals surface area contributed by atoms with E-state index < -0.39 is 21.7 Å². The third-order valence-electron chi connectivity index (χ3n) is 3.39. The summed E-state index contributed by atoms with van der Waals surface area (Å²) in [7, 11) is 0.552. The van der Waals surface area contributed by atoms with Gasteiger partial charge in [-0.3, -0.25) is 4.79 Å². The maximum absolute atomic E-state index is 11.8. The molecule has 1 aromatic carbocycles. The van der Waals surface area contributed by atoms with E-state index in [0.717, 1.165) is 5.52 Å². The quantitative estimate of drug-likeness (QED) is 0.427. The molecule has 0 aliphatic carbocycles. The van der Waals surface area contributed by atoms with Crippen LogP contribution < -0.4 is 14.6 Å². The lowest BCUT2D eigenvalue weighted by molar-refractivity contribution is -0.645. The standard InChI is InChI=1S/C15H17N3O3.CHF3O3S/c1-16-14(19)10-8-11-12(18(4)9-10)6-5-7-13(11)21-15(20)17(2)3;2-1(3,4)8(5,6)7/h5-9H,1-4H3;(H,5,6,7). The fraction of sp³-hybridized carbons (Fsp3) is 0.312. The van der Waals surface area contributed by atoms with Gasteiger partial charge in [-0.1, -0.05) is 6.07 Å². The summed E-state index contributed by atoms with van der Waals surface area (Å²) in [6.45, 7) is 0. The lowest BCUT2D eigenvalue weighted by Gasteiger charge is -2.12. The summed E-state index contributed by atoms with van der Waals surface area (Å²) in [5.41, 5.74) is -4.28. The van der Waals surface area contributed by atoms with Crippen LogP contribution in [-0.2, 0) is 17.2 Å². The predicted molar refractivity (Wildman–Crippen MR) is 94.0 cm³/mol. The molecule has 0 bridgehead atoms. The highest BCUT2D eigenvalue weighted by atomic mass is 32.2. The lowest BCUT2D eigenvalue weighted by atomic mass is 10.1. The number of rotatable bonds is 2. The Bertz CT molecular complexity index is 1020. The first-order valence-electron chi connectivity index (χ1n) is 7.74. The number of nitrogens with one attached hydrogen (secondary N) is 1. The smallest absolute Gasteiger partial charge is 0.485 e. The van der Waals surface area contributed by atoms with Gasteiger partial charge in [0.2, 0.25) is 5.52 Å². The summed E-state index contributed by atoms with van der Waals surface area (Å²) >= 11 is 0. The van der Waals surface area contributed by atoms with Crippen molar-refractivity contribution in [2.45, 2.75) is 5.51 Å². The normalized spacial score (nSPS) is 11.3. The van der Waals surface area contributed by atoms with Gasteiger partial charge in [0.05, 0.1) is 5.39 Å². The van der Waals surface area contributed by atoms with E-state index in [1.165, 1.54) is 4.90 Å². The number of hydrogen-bond donors (Lipinski definition) is 1. The minimum atomic E-state index is -6.09. The molecular weight excluding hydrogens is 419 g/mol. The first kappa shape index (κ1) is 24.1. The number of carbonyl (C=O) groups excluding carboxylic acids is 2. The molecule has 29 heavy (non-hydrogen) atoms. The first-order chi connectivity index (χ1) is 13.2. The van der Waals surface area contributed by atoms with Gasteiger partial charge in [0, 0.05) is 27.2 Å². The fourth-order valence-corrected chi connectivity index (χ4v) is 2.00. The Morgan fingerprint density at radius 1 is 1.24 bits per heavy atom. The SMILES string of the molecule is CNC(=O)c1cc2c(OC(=O)N(C)C)cccc2[n+](C)c1.O=S(=O)([O-])C(F)(F)F. The van der Waals surface area contributed by atoms with Crippen molar-refractivity contribution in [2.24, 2.45) is 7.05 Å². The van der Waals surface area contributed by atoms with E-state index in [4.69, 9.17) is 17.7 Å². The topological polar surface area (TPSA) is 120 Å². The molecule has 1 heterocycles. The van der Waals surface area contributed by atoms with Crippen LogP contribution in [0.5, 0.6) is 5.75 Å². The Kier molecular flexibility index (Phi) is 7.52. The minimum absolute atomic E-state index is 0.193. The van der Waals surface area contributed by atoms with Crippen molar-refractivity contribution in [3.05, 3.63) is 36.0 Å². The molecule has 0 aliphatic rings. The van der Waals surface area contributed by atoms with Crippen LogP contribution in [0.4, 0.5) is 18.0 Å². The molecule has 9 nitrogen and oxygen atoms in total. The van der Waals surface area contributed by atoms with E-state index in [2.05, 4.69) is 5.32 Å². The minimum Gasteiger partial charge on any atom is -0.741 e. The zero-order chi connectivity index (χ0) is 22.6. The number of hydrogen-bond acceptors (Lipinski definition) is 6. The van der Waals surface area contributed by atoms with Gasteiger partial charge >= 0.3 is 11.6 Å². The molecule has 0 unspecified atom stereocenters. The number of ether oxygens (including phenoxy) is 1. The Hall–Kier alpha value is -2.93. The average molecular weight is 437 g/mol. The van der Waals surface area contributed by atoms with Crippen LogP contribution in [-0.4, -0.2) is 56.5 Å². The highest BCUT2D eigenvalue weighted by Crippen LogP contribution is 2.24. The van der Waals surface area contributed by atoms with Crippen LogP contribution in [0.2, 0.25) is 0 Å². The van der Waals surface area contributed by atoms with Gasteiger partial charge in [-0.05, 0) is 12.1 Å². The third-order valence-corrected chi connectivity index (χ3v) is 3.96. The van der Waals surface area contributed by atoms with E-state index in [1.54, 1.807) is 45.5 Å². The van der Waals surface area contributed by atoms with Crippen LogP contribution in [0.3, 0.4) is 0 Å². The number of pyridine rings is 1. The zero-order valence-electron chi connectivity index (χ0n) is 15.8. The fourth-order valence-electron chi connectivity index (χ4n) is 2.00. The van der Waals surface area contributed by atoms with Crippen LogP contribution in [0, 0.1) is 0 Å². The highest BCUT2D eigenvalue weighted by Gasteiger charge is 2.36. The number of benzene rings is 1. The number of carbonyl (C=O) groups is 2. The molecule has 0 spiro atoms. The average Bonchev–Trinajstić information content (AvgIpc) is 2.60. The Labute approximate surface area is 164 Å². The summed E-state index contributed by atoms with van der Waals surface area (Å²) in [6, 6.07) is 7.12. The van der Waals surface area contributed by atoms with Crippen LogP contribution in [0.15, 0.2) is 30.5 Å². The molecule has 0 aliphatic heterocycles. The Morgan fingerprint density at radius 3 is 2.24 bits per heavy atom. The number of fused-ring (bicyclic) bond motifs is 1. The lowest BCUT2D eigenvalue weighted by Crippen LogP contribution is -2.32. The van der Waals surface area contributed by atoms with Crippen molar-refractivity contribution in [1.82, 2.24) is 10.2 Å². The number of halogens is 3. The van der Waals surface area contributed by atoms with Crippen LogP contribution >= 0.6 is 0 Å². The number of amides is 2. The number of aryl methyl sites for hydroxylation is 1. The maximum Gasteiger partial charge on any atom is 0.485 e. The second kappa shape index (κ2) is 9.05. The molecule has 160 valence electrons. The van der Waals surface area contributed by atoms with Crippen molar-refractivity contribution in [2.75, 3.05) is 21.1 Å². The van der Waals surface area contributed by atoms with E-state index in [9.17, 15) is 22.8 Å². The van der Waals surface area contributed by atoms with Crippen LogP contribution in [0.25, 0.3) is 10.9 Å². The van der Waals surface area contributed by atoms with Crippen molar-refractivity contribution >= 4 is 33.0 Å². The summed E-state index contributed by atoms with van der Waals surface area (Å²) in [5.74, 6) is 0.230. The van der Waals surface area contributed by atoms with Gasteiger partial charge in [-0.2, -0.15) is 13.2 Å². The zero-order valence-corrected chi connectivity index (χ0v) is 16.6. The molecule has 1 aromatic heterocycles. The molecule has 2 amide bonds. The summed E-state index contributed by atoms with van der Waals surface area (Å²) < 4.78 is 66.1. The van der Waals surface area contributed by atoms with Crippen molar-refractivity contribution < 1.29 is 45.0 Å². The van der Waals surface area contributed by atoms with E-state index in [0.29, 0.717) is 16.7 Å². The molecule has 13 heteroatoms. The second-order valence-corrected chi connectivity index (χ2v) is 7.14. The molecule has 1 N–H and O–H groups in total. The second-order valence-electron chi connectivity index (χ2n) is 5.77. The molecule has 2 rings (SSSR count). The largest absolute Gasteiger partial charge is 0.741 e. The van der Waals surface area contributed by atoms with E-state index in [1.807, 2.05) is 17.7 Å². The predicted octanol–water partition coefficient (Wildman–Crippen LogP) is 1.14. The molecule has 0 atom stereocenters. The first-order valence-corrected chi connectivity index (χ1v) is 9.15. The van der Waals surface area contributed by atoms with Gasteiger partial charge in [0.15, 0.2) is 16.3 Å². The molecule has 0 radical (unpaired) electrons. The molecular formula is C16H18F3N3O6S. The monoisotopic (exact) mass is 437 g/mol. The van der Waals surface area contributed by atoms with Gasteiger partial charge in [0.25, 0.3) is 5.91 Å². The number of alkyl halides is 3.